The highest BCUT2D eigenvalue weighted by Gasteiger charge is 1.99. The van der Waals surface area contributed by atoms with Crippen LogP contribution in [0.25, 0.3) is 0 Å². The van der Waals surface area contributed by atoms with E-state index < -0.39 is 11.4 Å². The monoisotopic (exact) mass is 136 g/mol. The van der Waals surface area contributed by atoms with Crippen LogP contribution < -0.4 is 11.1 Å². The molecule has 0 aromatic heterocycles. The maximum absolute atomic E-state index is 9.92. The van der Waals surface area contributed by atoms with Crippen LogP contribution >= 0.6 is 12.6 Å². The number of amides is 2. The van der Waals surface area contributed by atoms with Crippen LogP contribution in [-0.2, 0) is 0 Å². The van der Waals surface area contributed by atoms with Crippen molar-refractivity contribution in [2.45, 2.75) is 5.37 Å². The smallest absolute Gasteiger partial charge is 0.313 e. The van der Waals surface area contributed by atoms with Gasteiger partial charge in [0.25, 0.3) is 0 Å². The number of rotatable bonds is 2. The zero-order valence-corrected chi connectivity index (χ0v) is 5.06. The van der Waals surface area contributed by atoms with Gasteiger partial charge in [-0.1, -0.05) is 0 Å². The zero-order valence-electron chi connectivity index (χ0n) is 4.16. The lowest BCUT2D eigenvalue weighted by atomic mass is 10.7. The number of nitrogens with one attached hydrogen (secondary N) is 1. The minimum absolute atomic E-state index is 0.216. The van der Waals surface area contributed by atoms with E-state index in [1.807, 2.05) is 0 Å². The van der Waals surface area contributed by atoms with Crippen molar-refractivity contribution in [1.82, 2.24) is 5.32 Å². The van der Waals surface area contributed by atoms with Crippen LogP contribution in [0.3, 0.4) is 0 Å². The molecule has 0 saturated heterocycles. The Bertz CT molecular complexity index is 87.4. The molecule has 0 spiro atoms. The van der Waals surface area contributed by atoms with Crippen LogP contribution in [0.4, 0.5) is 4.79 Å². The van der Waals surface area contributed by atoms with Crippen LogP contribution in [0.1, 0.15) is 0 Å². The van der Waals surface area contributed by atoms with Crippen molar-refractivity contribution in [3.63, 3.8) is 0 Å². The molecule has 0 aliphatic heterocycles. The van der Waals surface area contributed by atoms with Gasteiger partial charge in [0.15, 0.2) is 0 Å². The Morgan fingerprint density at radius 1 is 2.00 bits per heavy atom. The first-order valence-corrected chi connectivity index (χ1v) is 2.53. The Balaban J connectivity index is 3.24. The minimum Gasteiger partial charge on any atom is -0.393 e. The van der Waals surface area contributed by atoms with E-state index in [1.54, 1.807) is 0 Å². The second kappa shape index (κ2) is 3.57. The Morgan fingerprint density at radius 3 is 2.62 bits per heavy atom. The topological polar surface area (TPSA) is 75.4 Å². The van der Waals surface area contributed by atoms with E-state index in [-0.39, 0.29) is 6.61 Å². The summed E-state index contributed by atoms with van der Waals surface area (Å²) in [5.41, 5.74) is 4.66. The molecule has 1 unspecified atom stereocenters. The number of thiol groups is 1. The van der Waals surface area contributed by atoms with Gasteiger partial charge in [-0.15, -0.1) is 0 Å². The van der Waals surface area contributed by atoms with Crippen molar-refractivity contribution < 1.29 is 9.90 Å². The van der Waals surface area contributed by atoms with Gasteiger partial charge in [-0.3, -0.25) is 0 Å². The average molecular weight is 136 g/mol. The minimum atomic E-state index is -0.681. The number of primary amides is 1. The van der Waals surface area contributed by atoms with E-state index in [4.69, 9.17) is 5.11 Å². The molecule has 8 heavy (non-hydrogen) atoms. The summed E-state index contributed by atoms with van der Waals surface area (Å²) >= 11 is 3.71. The Kier molecular flexibility index (Phi) is 3.38. The SMILES string of the molecule is NC(=O)NC(S)CO. The third-order valence-corrected chi connectivity index (χ3v) is 0.774. The van der Waals surface area contributed by atoms with Crippen molar-refractivity contribution >= 4 is 18.7 Å². The second-order valence-electron chi connectivity index (χ2n) is 1.21. The summed E-state index contributed by atoms with van der Waals surface area (Å²) in [4.78, 5) is 9.92. The predicted molar refractivity (Wildman–Crippen MR) is 32.6 cm³/mol. The molecule has 2 amide bonds. The van der Waals surface area contributed by atoms with Crippen molar-refractivity contribution in [2.24, 2.45) is 5.73 Å². The lowest BCUT2D eigenvalue weighted by Gasteiger charge is -2.04. The number of carbonyl (C=O) groups excluding carboxylic acids is 1. The van der Waals surface area contributed by atoms with Crippen molar-refractivity contribution in [1.29, 1.82) is 0 Å². The van der Waals surface area contributed by atoms with E-state index in [9.17, 15) is 4.79 Å². The molecule has 4 N–H and O–H groups in total. The molecule has 0 saturated carbocycles. The maximum atomic E-state index is 9.92. The third kappa shape index (κ3) is 3.76. The molecule has 0 aromatic rings. The molecule has 0 rings (SSSR count). The van der Waals surface area contributed by atoms with Crippen molar-refractivity contribution in [3.05, 3.63) is 0 Å². The van der Waals surface area contributed by atoms with Gasteiger partial charge in [0.05, 0.1) is 12.0 Å². The van der Waals surface area contributed by atoms with E-state index in [1.165, 1.54) is 0 Å². The van der Waals surface area contributed by atoms with E-state index in [2.05, 4.69) is 23.7 Å². The zero-order chi connectivity index (χ0) is 6.57. The Morgan fingerprint density at radius 2 is 2.50 bits per heavy atom. The number of hydrogen-bond donors (Lipinski definition) is 4. The summed E-state index contributed by atoms with van der Waals surface area (Å²) in [7, 11) is 0. The molecular weight excluding hydrogens is 128 g/mol. The summed E-state index contributed by atoms with van der Waals surface area (Å²) < 4.78 is 0. The number of nitrogens with two attached hydrogens (primary N) is 1. The first-order chi connectivity index (χ1) is 3.66. The first kappa shape index (κ1) is 7.58. The van der Waals surface area contributed by atoms with Gasteiger partial charge in [-0.2, -0.15) is 12.6 Å². The summed E-state index contributed by atoms with van der Waals surface area (Å²) in [6.45, 7) is -0.216. The quantitative estimate of drug-likeness (QED) is 0.287. The van der Waals surface area contributed by atoms with Gasteiger partial charge in [-0.25, -0.2) is 4.79 Å². The van der Waals surface area contributed by atoms with E-state index >= 15 is 0 Å². The molecule has 0 radical (unpaired) electrons. The molecule has 48 valence electrons. The summed E-state index contributed by atoms with van der Waals surface area (Å²) in [5.74, 6) is 0. The molecule has 4 nitrogen and oxygen atoms in total. The fraction of sp³-hybridized carbons (Fsp3) is 0.667. The molecule has 0 fully saturated rings. The molecule has 0 aliphatic carbocycles. The second-order valence-corrected chi connectivity index (χ2v) is 1.83. The van der Waals surface area contributed by atoms with Gasteiger partial charge >= 0.3 is 6.03 Å². The number of carbonyl (C=O) groups is 1. The normalized spacial score (nSPS) is 12.8. The largest absolute Gasteiger partial charge is 0.393 e. The van der Waals surface area contributed by atoms with Crippen LogP contribution in [0, 0.1) is 0 Å². The lowest BCUT2D eigenvalue weighted by molar-refractivity contribution is 0.238. The molecule has 0 aromatic carbocycles. The van der Waals surface area contributed by atoms with Gasteiger partial charge in [-0.05, 0) is 0 Å². The van der Waals surface area contributed by atoms with Gasteiger partial charge in [0.2, 0.25) is 0 Å². The van der Waals surface area contributed by atoms with Gasteiger partial charge < -0.3 is 16.2 Å². The predicted octanol–water partition coefficient (Wildman–Crippen LogP) is -1.10. The highest BCUT2D eigenvalue weighted by Crippen LogP contribution is 1.83. The summed E-state index contributed by atoms with van der Waals surface area (Å²) in [5, 5.41) is 9.83. The first-order valence-electron chi connectivity index (χ1n) is 2.01. The van der Waals surface area contributed by atoms with Crippen LogP contribution in [-0.4, -0.2) is 23.1 Å². The Labute approximate surface area is 52.5 Å². The van der Waals surface area contributed by atoms with Crippen LogP contribution in [0.2, 0.25) is 0 Å². The average Bonchev–Trinajstić information content (AvgIpc) is 1.65. The molecule has 1 atom stereocenters. The molecule has 0 heterocycles. The van der Waals surface area contributed by atoms with Crippen molar-refractivity contribution in [2.75, 3.05) is 6.61 Å². The molecule has 0 aliphatic rings. The van der Waals surface area contributed by atoms with E-state index in [0.29, 0.717) is 0 Å². The third-order valence-electron chi connectivity index (χ3n) is 0.482. The standard InChI is InChI=1S/C3H8N2O2S/c4-3(7)5-2(8)1-6/h2,6,8H,1H2,(H3,4,5,7). The van der Waals surface area contributed by atoms with Crippen molar-refractivity contribution in [3.8, 4) is 0 Å². The number of aliphatic hydroxyl groups excluding tert-OH is 1. The van der Waals surface area contributed by atoms with Gasteiger partial charge in [0.1, 0.15) is 0 Å². The highest BCUT2D eigenvalue weighted by molar-refractivity contribution is 7.80. The van der Waals surface area contributed by atoms with Gasteiger partial charge in [0, 0.05) is 0 Å². The molecule has 0 bridgehead atoms. The summed E-state index contributed by atoms with van der Waals surface area (Å²) in [6, 6.07) is -0.681. The van der Waals surface area contributed by atoms with Crippen LogP contribution in [0.5, 0.6) is 0 Å². The Hall–Kier alpha value is -0.420. The number of aliphatic hydroxyl groups is 1. The fourth-order valence-electron chi connectivity index (χ4n) is 0.210. The van der Waals surface area contributed by atoms with E-state index in [0.717, 1.165) is 0 Å². The fourth-order valence-corrected chi connectivity index (χ4v) is 0.337. The number of urea groups is 1. The lowest BCUT2D eigenvalue weighted by Crippen LogP contribution is -2.37. The molecule has 5 heteroatoms. The highest BCUT2D eigenvalue weighted by atomic mass is 32.1. The maximum Gasteiger partial charge on any atom is 0.313 e. The summed E-state index contributed by atoms with van der Waals surface area (Å²) in [6.07, 6.45) is 0. The van der Waals surface area contributed by atoms with Crippen LogP contribution in [0.15, 0.2) is 0 Å². The number of hydrogen-bond acceptors (Lipinski definition) is 3. The molecular formula is C3H8N2O2S.